The van der Waals surface area contributed by atoms with Crippen LogP contribution >= 0.6 is 11.6 Å². The molecule has 4 aliphatic rings. The van der Waals surface area contributed by atoms with E-state index < -0.39 is 0 Å². The number of nitrogens with one attached hydrogen (secondary N) is 1. The second-order valence-electron chi connectivity index (χ2n) is 11.0. The number of rotatable bonds is 4. The zero-order valence-electron chi connectivity index (χ0n) is 18.4. The Morgan fingerprint density at radius 1 is 1.10 bits per heavy atom. The monoisotopic (exact) mass is 421 g/mol. The predicted molar refractivity (Wildman–Crippen MR) is 113 cm³/mol. The number of hydrogen-bond donors (Lipinski definition) is 1. The molecule has 9 atom stereocenters. The molecule has 0 amide bonds. The molecule has 4 aliphatic carbocycles. The number of nitriles is 1. The Kier molecular flexibility index (Phi) is 5.95. The van der Waals surface area contributed by atoms with E-state index in [0.29, 0.717) is 29.3 Å². The number of ether oxygens (including phenoxy) is 1. The number of hydrogen-bond acceptors (Lipinski definition) is 3. The summed E-state index contributed by atoms with van der Waals surface area (Å²) >= 11 is 5.65. The number of carbonyl (C=O) groups is 1. The van der Waals surface area contributed by atoms with Crippen molar-refractivity contribution in [3.63, 3.8) is 0 Å². The quantitative estimate of drug-likeness (QED) is 0.428. The normalized spacial score (nSPS) is 47.3. The maximum atomic E-state index is 11.7. The van der Waals surface area contributed by atoms with Crippen LogP contribution in [0.4, 0.5) is 0 Å². The summed E-state index contributed by atoms with van der Waals surface area (Å²) in [4.78, 5) is 13.1. The van der Waals surface area contributed by atoms with E-state index in [4.69, 9.17) is 16.3 Å². The van der Waals surface area contributed by atoms with Gasteiger partial charge in [0.2, 0.25) is 0 Å². The first-order valence-corrected chi connectivity index (χ1v) is 12.3. The molecule has 1 unspecified atom stereocenters. The van der Waals surface area contributed by atoms with Crippen LogP contribution < -0.4 is 4.90 Å². The van der Waals surface area contributed by atoms with Crippen LogP contribution in [0.1, 0.15) is 71.6 Å². The van der Waals surface area contributed by atoms with Gasteiger partial charge in [-0.3, -0.25) is 4.79 Å². The molecule has 0 radical (unpaired) electrons. The molecule has 0 aromatic carbocycles. The number of nitrogens with zero attached hydrogens (tertiary/aromatic N) is 1. The fourth-order valence-electron chi connectivity index (χ4n) is 8.60. The highest BCUT2D eigenvalue weighted by Gasteiger charge is 2.62. The molecule has 0 saturated heterocycles. The van der Waals surface area contributed by atoms with Crippen molar-refractivity contribution >= 4 is 17.6 Å². The van der Waals surface area contributed by atoms with E-state index in [1.165, 1.54) is 49.8 Å². The lowest BCUT2D eigenvalue weighted by molar-refractivity contribution is -0.906. The molecule has 4 nitrogen and oxygen atoms in total. The first-order valence-electron chi connectivity index (χ1n) is 11.8. The van der Waals surface area contributed by atoms with Crippen molar-refractivity contribution in [2.75, 3.05) is 19.5 Å². The molecule has 1 N–H and O–H groups in total. The summed E-state index contributed by atoms with van der Waals surface area (Å²) in [6.07, 6.45) is 11.2. The Labute approximate surface area is 181 Å². The highest BCUT2D eigenvalue weighted by Crippen LogP contribution is 2.66. The molecule has 5 heteroatoms. The van der Waals surface area contributed by atoms with Gasteiger partial charge in [0.1, 0.15) is 18.1 Å². The number of fused-ring (bicyclic) bond motifs is 5. The predicted octanol–water partition coefficient (Wildman–Crippen LogP) is 3.59. The fourth-order valence-corrected chi connectivity index (χ4v) is 8.66. The van der Waals surface area contributed by atoms with Crippen molar-refractivity contribution < 1.29 is 14.4 Å². The number of esters is 1. The Bertz CT molecular complexity index is 678. The first-order chi connectivity index (χ1) is 13.8. The molecule has 0 bridgehead atoms. The number of halogens is 1. The number of alkyl halides is 1. The van der Waals surface area contributed by atoms with E-state index in [0.717, 1.165) is 30.6 Å². The highest BCUT2D eigenvalue weighted by atomic mass is 35.5. The maximum Gasteiger partial charge on any atom is 0.321 e. The smallest absolute Gasteiger partial charge is 0.321 e. The van der Waals surface area contributed by atoms with Gasteiger partial charge in [0.15, 0.2) is 6.54 Å². The van der Waals surface area contributed by atoms with Crippen molar-refractivity contribution in [1.29, 1.82) is 5.26 Å². The molecule has 0 aromatic rings. The zero-order chi connectivity index (χ0) is 20.8. The lowest BCUT2D eigenvalue weighted by Crippen LogP contribution is -3.14. The standard InChI is InChI=1S/C24H37ClN2O2/c1-23-10-8-17(29-22(28)15-25)14-16(23)4-5-18-19-6-7-21(27(3)13-12-26)24(19,2)11-9-20(18)23/h16-21H,4-11,13-15H2,1-3H3/p+1/t16-,17-,18-,19+,20-,21-,23-,24-/m0/s1. The van der Waals surface area contributed by atoms with Gasteiger partial charge in [-0.15, -0.1) is 11.6 Å². The van der Waals surface area contributed by atoms with Crippen LogP contribution in [0, 0.1) is 45.8 Å². The average Bonchev–Trinajstić information content (AvgIpc) is 3.05. The molecule has 0 spiro atoms. The van der Waals surface area contributed by atoms with E-state index in [1.807, 2.05) is 0 Å². The summed E-state index contributed by atoms with van der Waals surface area (Å²) in [5, 5.41) is 9.21. The van der Waals surface area contributed by atoms with Crippen molar-refractivity contribution in [3.8, 4) is 6.07 Å². The van der Waals surface area contributed by atoms with Crippen molar-refractivity contribution in [1.82, 2.24) is 0 Å². The summed E-state index contributed by atoms with van der Waals surface area (Å²) in [6.45, 7) is 5.73. The van der Waals surface area contributed by atoms with Gasteiger partial charge < -0.3 is 9.64 Å². The minimum absolute atomic E-state index is 0.0349. The summed E-state index contributed by atoms with van der Waals surface area (Å²) in [6, 6.07) is 3.04. The molecule has 4 fully saturated rings. The largest absolute Gasteiger partial charge is 0.461 e. The Balaban J connectivity index is 1.49. The molecule has 0 aliphatic heterocycles. The van der Waals surface area contributed by atoms with Gasteiger partial charge >= 0.3 is 5.97 Å². The first kappa shape index (κ1) is 21.4. The molecular formula is C24H38ClN2O2+. The third-order valence-corrected chi connectivity index (χ3v) is 10.2. The third-order valence-electron chi connectivity index (χ3n) is 9.98. The van der Waals surface area contributed by atoms with Crippen molar-refractivity contribution in [2.24, 2.45) is 34.5 Å². The third kappa shape index (κ3) is 3.51. The fraction of sp³-hybridized carbons (Fsp3) is 0.917. The average molecular weight is 422 g/mol. The van der Waals surface area contributed by atoms with E-state index in [9.17, 15) is 10.1 Å². The number of carbonyl (C=O) groups excluding carboxylic acids is 1. The van der Waals surface area contributed by atoms with Crippen LogP contribution in [0.5, 0.6) is 0 Å². The second-order valence-corrected chi connectivity index (χ2v) is 11.3. The maximum absolute atomic E-state index is 11.7. The van der Waals surface area contributed by atoms with Crippen LogP contribution in [0.3, 0.4) is 0 Å². The molecule has 4 rings (SSSR count). The highest BCUT2D eigenvalue weighted by molar-refractivity contribution is 6.26. The van der Waals surface area contributed by atoms with Crippen LogP contribution in [0.2, 0.25) is 0 Å². The zero-order valence-corrected chi connectivity index (χ0v) is 19.1. The molecular weight excluding hydrogens is 384 g/mol. The number of quaternary nitrogens is 1. The molecule has 29 heavy (non-hydrogen) atoms. The SMILES string of the molecule is C[NH+](CC#N)[C@H]1CC[C@@H]2[C@@H]3CC[C@H]4C[C@@H](OC(=O)CCl)CC[C@]4(C)[C@H]3CC[C@@]21C. The lowest BCUT2D eigenvalue weighted by atomic mass is 9.45. The van der Waals surface area contributed by atoms with E-state index in [1.54, 1.807) is 0 Å². The minimum atomic E-state index is -0.261. The van der Waals surface area contributed by atoms with Gasteiger partial charge in [0.05, 0.1) is 13.1 Å². The van der Waals surface area contributed by atoms with Crippen molar-refractivity contribution in [3.05, 3.63) is 0 Å². The van der Waals surface area contributed by atoms with Gasteiger partial charge in [0, 0.05) is 11.8 Å². The second kappa shape index (κ2) is 8.04. The Morgan fingerprint density at radius 3 is 2.55 bits per heavy atom. The van der Waals surface area contributed by atoms with Gasteiger partial charge in [-0.2, -0.15) is 5.26 Å². The summed E-state index contributed by atoms with van der Waals surface area (Å²) < 4.78 is 5.62. The molecule has 4 saturated carbocycles. The van der Waals surface area contributed by atoms with E-state index >= 15 is 0 Å². The Hall–Kier alpha value is -0.790. The van der Waals surface area contributed by atoms with Gasteiger partial charge in [-0.05, 0) is 80.5 Å². The summed E-state index contributed by atoms with van der Waals surface area (Å²) in [5.41, 5.74) is 0.802. The van der Waals surface area contributed by atoms with E-state index in [-0.39, 0.29) is 18.0 Å². The Morgan fingerprint density at radius 2 is 1.83 bits per heavy atom. The topological polar surface area (TPSA) is 54.5 Å². The van der Waals surface area contributed by atoms with Gasteiger partial charge in [-0.1, -0.05) is 13.8 Å². The van der Waals surface area contributed by atoms with Crippen LogP contribution in [-0.4, -0.2) is 37.6 Å². The lowest BCUT2D eigenvalue weighted by Gasteiger charge is -2.60. The van der Waals surface area contributed by atoms with Gasteiger partial charge in [-0.25, -0.2) is 0 Å². The summed E-state index contributed by atoms with van der Waals surface area (Å²) in [7, 11) is 2.23. The van der Waals surface area contributed by atoms with Crippen molar-refractivity contribution in [2.45, 2.75) is 83.8 Å². The minimum Gasteiger partial charge on any atom is -0.461 e. The van der Waals surface area contributed by atoms with Crippen LogP contribution in [-0.2, 0) is 9.53 Å². The van der Waals surface area contributed by atoms with Gasteiger partial charge in [0.25, 0.3) is 0 Å². The summed E-state index contributed by atoms with van der Waals surface area (Å²) in [5.74, 6) is 2.87. The van der Waals surface area contributed by atoms with Crippen LogP contribution in [0.25, 0.3) is 0 Å². The molecule has 0 heterocycles. The molecule has 0 aromatic heterocycles. The van der Waals surface area contributed by atoms with Crippen LogP contribution in [0.15, 0.2) is 0 Å². The van der Waals surface area contributed by atoms with E-state index in [2.05, 4.69) is 27.0 Å². The molecule has 162 valence electrons.